The van der Waals surface area contributed by atoms with E-state index in [0.717, 1.165) is 31.1 Å². The van der Waals surface area contributed by atoms with Crippen molar-refractivity contribution in [3.63, 3.8) is 0 Å². The maximum atomic E-state index is 12.8. The summed E-state index contributed by atoms with van der Waals surface area (Å²) in [5, 5.41) is 6.39. The average Bonchev–Trinajstić information content (AvgIpc) is 2.43. The molecule has 0 amide bonds. The zero-order valence-electron chi connectivity index (χ0n) is 12.4. The van der Waals surface area contributed by atoms with Crippen LogP contribution in [0.15, 0.2) is 29.3 Å². The van der Waals surface area contributed by atoms with Crippen molar-refractivity contribution in [2.45, 2.75) is 32.9 Å². The Hall–Kier alpha value is -1.62. The standard InChI is InChI=1S/C15H24FN3O/c1-12(2)20-10-4-9-18-15(17-3)19-11-13-5-7-14(16)8-6-13/h5-8,12H,4,9-11H2,1-3H3,(H2,17,18,19). The molecule has 0 atom stereocenters. The van der Waals surface area contributed by atoms with Gasteiger partial charge in [0.25, 0.3) is 0 Å². The molecule has 0 saturated heterocycles. The van der Waals surface area contributed by atoms with Crippen molar-refractivity contribution in [2.75, 3.05) is 20.2 Å². The lowest BCUT2D eigenvalue weighted by molar-refractivity contribution is 0.0776. The SMILES string of the molecule is CN=C(NCCCOC(C)C)NCc1ccc(F)cc1. The van der Waals surface area contributed by atoms with E-state index in [1.165, 1.54) is 12.1 Å². The Morgan fingerprint density at radius 3 is 2.55 bits per heavy atom. The number of hydrogen-bond acceptors (Lipinski definition) is 2. The van der Waals surface area contributed by atoms with Crippen LogP contribution in [-0.2, 0) is 11.3 Å². The van der Waals surface area contributed by atoms with E-state index in [4.69, 9.17) is 4.74 Å². The Balaban J connectivity index is 2.21. The molecule has 0 saturated carbocycles. The van der Waals surface area contributed by atoms with E-state index in [2.05, 4.69) is 15.6 Å². The average molecular weight is 281 g/mol. The third kappa shape index (κ3) is 7.09. The molecule has 4 nitrogen and oxygen atoms in total. The summed E-state index contributed by atoms with van der Waals surface area (Å²) in [5.74, 6) is 0.514. The summed E-state index contributed by atoms with van der Waals surface area (Å²) in [6.45, 7) is 6.20. The number of hydrogen-bond donors (Lipinski definition) is 2. The van der Waals surface area contributed by atoms with Crippen molar-refractivity contribution in [3.8, 4) is 0 Å². The van der Waals surface area contributed by atoms with Crippen LogP contribution in [0.4, 0.5) is 4.39 Å². The summed E-state index contributed by atoms with van der Waals surface area (Å²) in [7, 11) is 1.73. The highest BCUT2D eigenvalue weighted by Crippen LogP contribution is 2.01. The molecule has 1 aromatic rings. The number of halogens is 1. The summed E-state index contributed by atoms with van der Waals surface area (Å²) < 4.78 is 18.2. The summed E-state index contributed by atoms with van der Waals surface area (Å²) in [5.41, 5.74) is 1.01. The minimum atomic E-state index is -0.221. The molecule has 1 rings (SSSR count). The quantitative estimate of drug-likeness (QED) is 0.458. The van der Waals surface area contributed by atoms with E-state index >= 15 is 0 Å². The predicted molar refractivity (Wildman–Crippen MR) is 80.3 cm³/mol. The lowest BCUT2D eigenvalue weighted by Gasteiger charge is -2.12. The summed E-state index contributed by atoms with van der Waals surface area (Å²) >= 11 is 0. The molecule has 112 valence electrons. The Morgan fingerprint density at radius 1 is 1.25 bits per heavy atom. The molecule has 5 heteroatoms. The van der Waals surface area contributed by atoms with E-state index < -0.39 is 0 Å². The molecule has 0 aromatic heterocycles. The fraction of sp³-hybridized carbons (Fsp3) is 0.533. The zero-order chi connectivity index (χ0) is 14.8. The van der Waals surface area contributed by atoms with Crippen molar-refractivity contribution in [1.29, 1.82) is 0 Å². The summed E-state index contributed by atoms with van der Waals surface area (Å²) in [4.78, 5) is 4.13. The van der Waals surface area contributed by atoms with Crippen molar-refractivity contribution in [1.82, 2.24) is 10.6 Å². The van der Waals surface area contributed by atoms with Gasteiger partial charge >= 0.3 is 0 Å². The molecule has 0 radical (unpaired) electrons. The smallest absolute Gasteiger partial charge is 0.191 e. The Kier molecular flexibility index (Phi) is 7.65. The second-order valence-electron chi connectivity index (χ2n) is 4.75. The van der Waals surface area contributed by atoms with Gasteiger partial charge in [-0.15, -0.1) is 0 Å². The number of benzene rings is 1. The van der Waals surface area contributed by atoms with Crippen LogP contribution < -0.4 is 10.6 Å². The molecular formula is C15H24FN3O. The zero-order valence-corrected chi connectivity index (χ0v) is 12.4. The van der Waals surface area contributed by atoms with Gasteiger partial charge in [0.2, 0.25) is 0 Å². The number of ether oxygens (including phenoxy) is 1. The highest BCUT2D eigenvalue weighted by molar-refractivity contribution is 5.79. The van der Waals surface area contributed by atoms with Crippen LogP contribution in [0.5, 0.6) is 0 Å². The molecule has 0 bridgehead atoms. The maximum Gasteiger partial charge on any atom is 0.191 e. The van der Waals surface area contributed by atoms with Crippen LogP contribution in [0.25, 0.3) is 0 Å². The molecule has 1 aromatic carbocycles. The van der Waals surface area contributed by atoms with Gasteiger partial charge in [-0.05, 0) is 38.0 Å². The van der Waals surface area contributed by atoms with Crippen LogP contribution in [0.2, 0.25) is 0 Å². The second kappa shape index (κ2) is 9.31. The third-order valence-corrected chi connectivity index (χ3v) is 2.66. The number of guanidine groups is 1. The first kappa shape index (κ1) is 16.4. The van der Waals surface area contributed by atoms with Gasteiger partial charge in [-0.25, -0.2) is 4.39 Å². The van der Waals surface area contributed by atoms with E-state index in [9.17, 15) is 4.39 Å². The van der Waals surface area contributed by atoms with E-state index in [0.29, 0.717) is 6.54 Å². The van der Waals surface area contributed by atoms with E-state index in [-0.39, 0.29) is 11.9 Å². The van der Waals surface area contributed by atoms with Gasteiger partial charge in [0.15, 0.2) is 5.96 Å². The number of aliphatic imine (C=N–C) groups is 1. The molecule has 20 heavy (non-hydrogen) atoms. The van der Waals surface area contributed by atoms with Crippen molar-refractivity contribution in [3.05, 3.63) is 35.6 Å². The van der Waals surface area contributed by atoms with Crippen LogP contribution in [0.1, 0.15) is 25.8 Å². The molecule has 0 unspecified atom stereocenters. The normalized spacial score (nSPS) is 11.8. The van der Waals surface area contributed by atoms with E-state index in [1.807, 2.05) is 13.8 Å². The van der Waals surface area contributed by atoms with Crippen LogP contribution in [0, 0.1) is 5.82 Å². The maximum absolute atomic E-state index is 12.8. The first-order chi connectivity index (χ1) is 9.61. The van der Waals surface area contributed by atoms with Gasteiger partial charge in [-0.2, -0.15) is 0 Å². The van der Waals surface area contributed by atoms with Gasteiger partial charge in [-0.1, -0.05) is 12.1 Å². The first-order valence-electron chi connectivity index (χ1n) is 6.92. The molecule has 0 spiro atoms. The number of nitrogens with one attached hydrogen (secondary N) is 2. The first-order valence-corrected chi connectivity index (χ1v) is 6.92. The van der Waals surface area contributed by atoms with Crippen LogP contribution in [0.3, 0.4) is 0 Å². The topological polar surface area (TPSA) is 45.7 Å². The predicted octanol–water partition coefficient (Wildman–Crippen LogP) is 2.31. The number of rotatable bonds is 7. The van der Waals surface area contributed by atoms with Crippen molar-refractivity contribution < 1.29 is 9.13 Å². The lowest BCUT2D eigenvalue weighted by Crippen LogP contribution is -2.37. The number of nitrogens with zero attached hydrogens (tertiary/aromatic N) is 1. The minimum Gasteiger partial charge on any atom is -0.379 e. The fourth-order valence-electron chi connectivity index (χ4n) is 1.61. The van der Waals surface area contributed by atoms with E-state index in [1.54, 1.807) is 19.2 Å². The Bertz CT molecular complexity index is 404. The van der Waals surface area contributed by atoms with Crippen molar-refractivity contribution >= 4 is 5.96 Å². The third-order valence-electron chi connectivity index (χ3n) is 2.66. The molecule has 0 aliphatic rings. The molecule has 0 heterocycles. The highest BCUT2D eigenvalue weighted by atomic mass is 19.1. The minimum absolute atomic E-state index is 0.221. The largest absolute Gasteiger partial charge is 0.379 e. The Labute approximate surface area is 120 Å². The van der Waals surface area contributed by atoms with Gasteiger partial charge in [0.1, 0.15) is 5.82 Å². The van der Waals surface area contributed by atoms with Crippen LogP contribution >= 0.6 is 0 Å². The molecule has 0 aliphatic heterocycles. The molecule has 0 aliphatic carbocycles. The monoisotopic (exact) mass is 281 g/mol. The molecule has 2 N–H and O–H groups in total. The fourth-order valence-corrected chi connectivity index (χ4v) is 1.61. The van der Waals surface area contributed by atoms with Gasteiger partial charge in [0, 0.05) is 26.7 Å². The lowest BCUT2D eigenvalue weighted by atomic mass is 10.2. The Morgan fingerprint density at radius 2 is 1.95 bits per heavy atom. The van der Waals surface area contributed by atoms with Gasteiger partial charge in [0.05, 0.1) is 6.10 Å². The van der Waals surface area contributed by atoms with Gasteiger partial charge < -0.3 is 15.4 Å². The van der Waals surface area contributed by atoms with Crippen LogP contribution in [-0.4, -0.2) is 32.3 Å². The van der Waals surface area contributed by atoms with Gasteiger partial charge in [-0.3, -0.25) is 4.99 Å². The highest BCUT2D eigenvalue weighted by Gasteiger charge is 1.99. The second-order valence-corrected chi connectivity index (χ2v) is 4.75. The van der Waals surface area contributed by atoms with Crippen molar-refractivity contribution in [2.24, 2.45) is 4.99 Å². The summed E-state index contributed by atoms with van der Waals surface area (Å²) in [6.07, 6.45) is 1.20. The molecular weight excluding hydrogens is 257 g/mol. The molecule has 0 fully saturated rings. The summed E-state index contributed by atoms with van der Waals surface area (Å²) in [6, 6.07) is 6.42.